The topological polar surface area (TPSA) is 0 Å². The Bertz CT molecular complexity index is 322. The fraction of sp³-hybridized carbons (Fsp3) is 0.333. The fourth-order valence-corrected chi connectivity index (χ4v) is 1.58. The van der Waals surface area contributed by atoms with Crippen molar-refractivity contribution in [3.63, 3.8) is 0 Å². The second kappa shape index (κ2) is 5.30. The first-order chi connectivity index (χ1) is 6.63. The number of allylic oxidation sites excluding steroid dienone is 2. The third kappa shape index (κ3) is 3.26. The van der Waals surface area contributed by atoms with Crippen LogP contribution >= 0.6 is 15.9 Å². The van der Waals surface area contributed by atoms with Crippen molar-refractivity contribution >= 4 is 21.5 Å². The van der Waals surface area contributed by atoms with E-state index in [1.807, 2.05) is 19.9 Å². The van der Waals surface area contributed by atoms with Crippen LogP contribution < -0.4 is 0 Å². The van der Waals surface area contributed by atoms with Gasteiger partial charge in [-0.25, -0.2) is 4.39 Å². The summed E-state index contributed by atoms with van der Waals surface area (Å²) in [6.45, 7) is 3.92. The molecular weight excluding hydrogens is 243 g/mol. The van der Waals surface area contributed by atoms with Crippen LogP contribution in [0.2, 0.25) is 0 Å². The maximum Gasteiger partial charge on any atom is 0.124 e. The highest BCUT2D eigenvalue weighted by atomic mass is 79.9. The molecule has 0 nitrogen and oxygen atoms in total. The smallest absolute Gasteiger partial charge is 0.124 e. The Kier molecular flexibility index (Phi) is 4.33. The molecule has 0 heterocycles. The van der Waals surface area contributed by atoms with Crippen molar-refractivity contribution < 1.29 is 4.39 Å². The Balaban J connectivity index is 2.95. The highest BCUT2D eigenvalue weighted by Crippen LogP contribution is 2.17. The van der Waals surface area contributed by atoms with E-state index in [4.69, 9.17) is 0 Å². The molecule has 0 radical (unpaired) electrons. The van der Waals surface area contributed by atoms with Gasteiger partial charge in [0, 0.05) is 5.33 Å². The molecule has 0 saturated heterocycles. The maximum atomic E-state index is 13.1. The number of halogens is 2. The van der Waals surface area contributed by atoms with Gasteiger partial charge in [-0.15, -0.1) is 0 Å². The molecule has 76 valence electrons. The van der Waals surface area contributed by atoms with E-state index in [2.05, 4.69) is 22.0 Å². The molecule has 1 aromatic rings. The quantitative estimate of drug-likeness (QED) is 0.707. The van der Waals surface area contributed by atoms with Crippen LogP contribution in [0.3, 0.4) is 0 Å². The molecule has 0 aromatic heterocycles. The minimum atomic E-state index is -0.161. The Morgan fingerprint density at radius 1 is 1.43 bits per heavy atom. The van der Waals surface area contributed by atoms with Gasteiger partial charge in [0.05, 0.1) is 0 Å². The van der Waals surface area contributed by atoms with E-state index in [1.165, 1.54) is 0 Å². The van der Waals surface area contributed by atoms with Crippen LogP contribution in [0.5, 0.6) is 0 Å². The van der Waals surface area contributed by atoms with Crippen molar-refractivity contribution in [1.29, 1.82) is 0 Å². The van der Waals surface area contributed by atoms with Gasteiger partial charge in [-0.2, -0.15) is 0 Å². The standard InChI is InChI=1S/C12H14BrF/c1-9-6-11(8-12(14)7-9)10(2)4-3-5-13/h4,6-8H,3,5H2,1-2H3/b10-4-. The van der Waals surface area contributed by atoms with Crippen molar-refractivity contribution in [2.75, 3.05) is 5.33 Å². The number of hydrogen-bond donors (Lipinski definition) is 0. The van der Waals surface area contributed by atoms with Crippen LogP contribution in [0.4, 0.5) is 4.39 Å². The first-order valence-electron chi connectivity index (χ1n) is 4.64. The summed E-state index contributed by atoms with van der Waals surface area (Å²) in [5, 5.41) is 0.943. The lowest BCUT2D eigenvalue weighted by atomic mass is 10.0. The summed E-state index contributed by atoms with van der Waals surface area (Å²) in [6, 6.07) is 5.12. The Hall–Kier alpha value is -0.630. The third-order valence-corrected chi connectivity index (χ3v) is 2.51. The summed E-state index contributed by atoms with van der Waals surface area (Å²) < 4.78 is 13.1. The van der Waals surface area contributed by atoms with Crippen LogP contribution in [0, 0.1) is 12.7 Å². The van der Waals surface area contributed by atoms with Gasteiger partial charge in [0.15, 0.2) is 0 Å². The highest BCUT2D eigenvalue weighted by molar-refractivity contribution is 9.09. The molecule has 0 aliphatic rings. The fourth-order valence-electron chi connectivity index (χ4n) is 1.35. The van der Waals surface area contributed by atoms with E-state index in [1.54, 1.807) is 12.1 Å². The highest BCUT2D eigenvalue weighted by Gasteiger charge is 1.99. The molecule has 0 spiro atoms. The molecular formula is C12H14BrF. The summed E-state index contributed by atoms with van der Waals surface area (Å²) in [5.41, 5.74) is 3.07. The number of hydrogen-bond acceptors (Lipinski definition) is 0. The van der Waals surface area contributed by atoms with Gasteiger partial charge >= 0.3 is 0 Å². The van der Waals surface area contributed by atoms with Gasteiger partial charge in [-0.05, 0) is 49.1 Å². The van der Waals surface area contributed by atoms with E-state index < -0.39 is 0 Å². The molecule has 0 unspecified atom stereocenters. The van der Waals surface area contributed by atoms with E-state index in [9.17, 15) is 4.39 Å². The maximum absolute atomic E-state index is 13.1. The number of benzene rings is 1. The first-order valence-corrected chi connectivity index (χ1v) is 5.76. The number of rotatable bonds is 3. The molecule has 0 aliphatic heterocycles. The second-order valence-corrected chi connectivity index (χ2v) is 4.18. The molecule has 0 saturated carbocycles. The number of aryl methyl sites for hydroxylation is 1. The third-order valence-electron chi connectivity index (χ3n) is 2.06. The number of alkyl halides is 1. The van der Waals surface area contributed by atoms with Gasteiger partial charge in [-0.3, -0.25) is 0 Å². The molecule has 0 aliphatic carbocycles. The Morgan fingerprint density at radius 2 is 2.14 bits per heavy atom. The molecule has 0 N–H and O–H groups in total. The van der Waals surface area contributed by atoms with Gasteiger partial charge in [-0.1, -0.05) is 28.1 Å². The summed E-state index contributed by atoms with van der Waals surface area (Å²) >= 11 is 3.36. The van der Waals surface area contributed by atoms with Crippen LogP contribution in [0.15, 0.2) is 24.3 Å². The van der Waals surface area contributed by atoms with E-state index in [0.29, 0.717) is 0 Å². The van der Waals surface area contributed by atoms with Crippen molar-refractivity contribution in [2.24, 2.45) is 0 Å². The van der Waals surface area contributed by atoms with Crippen molar-refractivity contribution in [3.05, 3.63) is 41.2 Å². The molecule has 0 bridgehead atoms. The molecule has 1 rings (SSSR count). The van der Waals surface area contributed by atoms with Crippen LogP contribution in [-0.4, -0.2) is 5.33 Å². The van der Waals surface area contributed by atoms with Gasteiger partial charge in [0.25, 0.3) is 0 Å². The average Bonchev–Trinajstić information content (AvgIpc) is 2.12. The molecule has 0 atom stereocenters. The van der Waals surface area contributed by atoms with Crippen LogP contribution in [0.25, 0.3) is 5.57 Å². The zero-order chi connectivity index (χ0) is 10.6. The van der Waals surface area contributed by atoms with Gasteiger partial charge in [0.2, 0.25) is 0 Å². The minimum Gasteiger partial charge on any atom is -0.207 e. The summed E-state index contributed by atoms with van der Waals surface area (Å²) in [4.78, 5) is 0. The first kappa shape index (κ1) is 11.4. The SMILES string of the molecule is C/C(=C/CCBr)c1cc(C)cc(F)c1. The predicted octanol–water partition coefficient (Wildman–Crippen LogP) is 4.32. The molecule has 14 heavy (non-hydrogen) atoms. The molecule has 0 amide bonds. The van der Waals surface area contributed by atoms with Crippen molar-refractivity contribution in [2.45, 2.75) is 20.3 Å². The largest absolute Gasteiger partial charge is 0.207 e. The van der Waals surface area contributed by atoms with Crippen LogP contribution in [0.1, 0.15) is 24.5 Å². The average molecular weight is 257 g/mol. The second-order valence-electron chi connectivity index (χ2n) is 3.38. The van der Waals surface area contributed by atoms with E-state index in [0.717, 1.165) is 28.5 Å². The lowest BCUT2D eigenvalue weighted by Gasteiger charge is -2.03. The molecule has 2 heteroatoms. The van der Waals surface area contributed by atoms with Gasteiger partial charge < -0.3 is 0 Å². The summed E-state index contributed by atoms with van der Waals surface area (Å²) in [5.74, 6) is -0.161. The monoisotopic (exact) mass is 256 g/mol. The summed E-state index contributed by atoms with van der Waals surface area (Å²) in [7, 11) is 0. The molecule has 0 fully saturated rings. The zero-order valence-corrected chi connectivity index (χ0v) is 10.1. The van der Waals surface area contributed by atoms with Crippen molar-refractivity contribution in [3.8, 4) is 0 Å². The van der Waals surface area contributed by atoms with Gasteiger partial charge in [0.1, 0.15) is 5.82 Å². The van der Waals surface area contributed by atoms with Crippen LogP contribution in [-0.2, 0) is 0 Å². The zero-order valence-electron chi connectivity index (χ0n) is 8.48. The Labute approximate surface area is 93.0 Å². The molecule has 1 aromatic carbocycles. The van der Waals surface area contributed by atoms with Crippen molar-refractivity contribution in [1.82, 2.24) is 0 Å². The van der Waals surface area contributed by atoms with E-state index >= 15 is 0 Å². The predicted molar refractivity (Wildman–Crippen MR) is 63.2 cm³/mol. The normalized spacial score (nSPS) is 11.9. The Morgan fingerprint density at radius 3 is 2.71 bits per heavy atom. The lowest BCUT2D eigenvalue weighted by molar-refractivity contribution is 0.626. The van der Waals surface area contributed by atoms with E-state index in [-0.39, 0.29) is 5.82 Å². The summed E-state index contributed by atoms with van der Waals surface area (Å²) in [6.07, 6.45) is 3.09. The minimum absolute atomic E-state index is 0.161. The lowest BCUT2D eigenvalue weighted by Crippen LogP contribution is -1.85.